The monoisotopic (exact) mass is 386 g/mol. The van der Waals surface area contributed by atoms with Crippen LogP contribution >= 0.6 is 0 Å². The molecule has 0 aliphatic carbocycles. The summed E-state index contributed by atoms with van der Waals surface area (Å²) in [5, 5.41) is 0. The maximum absolute atomic E-state index is 14.4. The number of aromatic nitrogens is 2. The number of hydrogen-bond donors (Lipinski definition) is 0. The highest BCUT2D eigenvalue weighted by Gasteiger charge is 2.32. The van der Waals surface area contributed by atoms with Gasteiger partial charge in [-0.3, -0.25) is 0 Å². The summed E-state index contributed by atoms with van der Waals surface area (Å²) in [7, 11) is -4.10. The molecule has 0 radical (unpaired) electrons. The number of piperazine rings is 1. The summed E-state index contributed by atoms with van der Waals surface area (Å²) in [4.78, 5) is 8.87. The molecule has 1 aliphatic heterocycles. The van der Waals surface area contributed by atoms with Crippen molar-refractivity contribution in [2.75, 3.05) is 31.1 Å². The van der Waals surface area contributed by atoms with Crippen molar-refractivity contribution >= 4 is 15.8 Å². The van der Waals surface area contributed by atoms with Gasteiger partial charge in [-0.1, -0.05) is 6.92 Å². The molecule has 1 aromatic carbocycles. The molecule has 2 heterocycles. The molecule has 0 unspecified atom stereocenters. The number of anilines is 1. The molecule has 26 heavy (non-hydrogen) atoms. The van der Waals surface area contributed by atoms with Crippen LogP contribution in [-0.4, -0.2) is 48.9 Å². The lowest BCUT2D eigenvalue weighted by atomic mass is 10.2. The summed E-state index contributed by atoms with van der Waals surface area (Å²) in [5.74, 6) is -2.38. The number of halogens is 3. The van der Waals surface area contributed by atoms with E-state index in [-0.39, 0.29) is 32.0 Å². The van der Waals surface area contributed by atoms with Crippen LogP contribution in [-0.2, 0) is 16.4 Å². The first kappa shape index (κ1) is 18.6. The van der Waals surface area contributed by atoms with Crippen molar-refractivity contribution in [2.24, 2.45) is 0 Å². The van der Waals surface area contributed by atoms with Crippen LogP contribution < -0.4 is 4.90 Å². The van der Waals surface area contributed by atoms with Crippen LogP contribution in [0.2, 0.25) is 0 Å². The van der Waals surface area contributed by atoms with Crippen molar-refractivity contribution in [1.82, 2.24) is 14.3 Å². The van der Waals surface area contributed by atoms with Crippen molar-refractivity contribution in [1.29, 1.82) is 0 Å². The lowest BCUT2D eigenvalue weighted by Gasteiger charge is -2.34. The van der Waals surface area contributed by atoms with Gasteiger partial charge in [-0.15, -0.1) is 0 Å². The van der Waals surface area contributed by atoms with Gasteiger partial charge in [0.2, 0.25) is 10.0 Å². The van der Waals surface area contributed by atoms with Gasteiger partial charge in [0.05, 0.1) is 5.69 Å². The van der Waals surface area contributed by atoms with Crippen molar-refractivity contribution in [3.8, 4) is 0 Å². The van der Waals surface area contributed by atoms with Gasteiger partial charge >= 0.3 is 0 Å². The summed E-state index contributed by atoms with van der Waals surface area (Å²) in [6.45, 7) is 2.23. The van der Waals surface area contributed by atoms with E-state index >= 15 is 0 Å². The van der Waals surface area contributed by atoms with E-state index in [9.17, 15) is 21.6 Å². The van der Waals surface area contributed by atoms with Gasteiger partial charge in [-0.05, 0) is 18.6 Å². The minimum atomic E-state index is -4.10. The summed E-state index contributed by atoms with van der Waals surface area (Å²) in [5.41, 5.74) is 0.290. The Labute approximate surface area is 149 Å². The van der Waals surface area contributed by atoms with Crippen LogP contribution in [0, 0.1) is 17.5 Å². The third kappa shape index (κ3) is 3.38. The van der Waals surface area contributed by atoms with Crippen LogP contribution in [0.25, 0.3) is 0 Å². The zero-order valence-corrected chi connectivity index (χ0v) is 14.8. The molecule has 0 spiro atoms. The molecule has 2 aromatic rings. The standard InChI is InChI=1S/C16H17F3N4O2S/c1-2-13-15(19)16(21-10-20-13)22-5-7-23(8-6-22)26(24,25)14-4-3-11(17)9-12(14)18/h3-4,9-10H,2,5-8H2,1H3. The Balaban J connectivity index is 1.78. The van der Waals surface area contributed by atoms with Crippen molar-refractivity contribution in [3.05, 3.63) is 47.7 Å². The Morgan fingerprint density at radius 1 is 1.08 bits per heavy atom. The van der Waals surface area contributed by atoms with E-state index in [4.69, 9.17) is 0 Å². The third-order valence-electron chi connectivity index (χ3n) is 4.23. The molecule has 1 saturated heterocycles. The second kappa shape index (κ2) is 7.20. The van der Waals surface area contributed by atoms with E-state index in [1.807, 2.05) is 0 Å². The molecule has 1 aliphatic rings. The topological polar surface area (TPSA) is 66.4 Å². The Morgan fingerprint density at radius 2 is 1.77 bits per heavy atom. The number of sulfonamides is 1. The molecule has 3 rings (SSSR count). The van der Waals surface area contributed by atoms with E-state index in [1.165, 1.54) is 6.33 Å². The van der Waals surface area contributed by atoms with Gasteiger partial charge in [0.15, 0.2) is 11.6 Å². The first-order valence-electron chi connectivity index (χ1n) is 8.04. The van der Waals surface area contributed by atoms with Gasteiger partial charge in [0.1, 0.15) is 22.9 Å². The maximum atomic E-state index is 14.4. The van der Waals surface area contributed by atoms with E-state index < -0.39 is 32.4 Å². The maximum Gasteiger partial charge on any atom is 0.246 e. The number of benzene rings is 1. The Kier molecular flexibility index (Phi) is 5.15. The fraction of sp³-hybridized carbons (Fsp3) is 0.375. The quantitative estimate of drug-likeness (QED) is 0.804. The second-order valence-corrected chi connectivity index (χ2v) is 7.68. The smallest absolute Gasteiger partial charge is 0.246 e. The summed E-state index contributed by atoms with van der Waals surface area (Å²) in [6, 6.07) is 2.34. The van der Waals surface area contributed by atoms with Crippen LogP contribution in [0.4, 0.5) is 19.0 Å². The first-order chi connectivity index (χ1) is 12.3. The van der Waals surface area contributed by atoms with E-state index in [1.54, 1.807) is 11.8 Å². The molecule has 0 amide bonds. The highest BCUT2D eigenvalue weighted by molar-refractivity contribution is 7.89. The molecule has 1 aromatic heterocycles. The first-order valence-corrected chi connectivity index (χ1v) is 9.48. The largest absolute Gasteiger partial charge is 0.351 e. The number of rotatable bonds is 4. The van der Waals surface area contributed by atoms with Gasteiger partial charge in [-0.2, -0.15) is 4.31 Å². The van der Waals surface area contributed by atoms with Crippen LogP contribution in [0.5, 0.6) is 0 Å². The van der Waals surface area contributed by atoms with Crippen LogP contribution in [0.1, 0.15) is 12.6 Å². The molecule has 10 heteroatoms. The van der Waals surface area contributed by atoms with E-state index in [0.717, 1.165) is 16.4 Å². The molecular weight excluding hydrogens is 369 g/mol. The zero-order chi connectivity index (χ0) is 18.9. The molecule has 0 atom stereocenters. The van der Waals surface area contributed by atoms with Gasteiger partial charge in [0.25, 0.3) is 0 Å². The second-order valence-electron chi connectivity index (χ2n) is 5.78. The predicted molar refractivity (Wildman–Crippen MR) is 88.7 cm³/mol. The predicted octanol–water partition coefficient (Wildman–Crippen LogP) is 1.97. The van der Waals surface area contributed by atoms with Gasteiger partial charge in [-0.25, -0.2) is 31.6 Å². The summed E-state index contributed by atoms with van der Waals surface area (Å²) >= 11 is 0. The van der Waals surface area contributed by atoms with Crippen LogP contribution in [0.15, 0.2) is 29.4 Å². The Bertz CT molecular complexity index is 916. The molecule has 0 saturated carbocycles. The SMILES string of the molecule is CCc1ncnc(N2CCN(S(=O)(=O)c3ccc(F)cc3F)CC2)c1F. The zero-order valence-electron chi connectivity index (χ0n) is 14.0. The number of aryl methyl sites for hydroxylation is 1. The molecule has 140 valence electrons. The normalized spacial score (nSPS) is 16.1. The molecule has 1 fully saturated rings. The molecule has 0 bridgehead atoms. The van der Waals surface area contributed by atoms with Gasteiger partial charge in [0, 0.05) is 32.2 Å². The number of nitrogens with zero attached hydrogens (tertiary/aromatic N) is 4. The highest BCUT2D eigenvalue weighted by Crippen LogP contribution is 2.24. The summed E-state index contributed by atoms with van der Waals surface area (Å²) in [6.07, 6.45) is 1.69. The third-order valence-corrected chi connectivity index (χ3v) is 6.16. The van der Waals surface area contributed by atoms with Crippen molar-refractivity contribution in [2.45, 2.75) is 18.2 Å². The lowest BCUT2D eigenvalue weighted by Crippen LogP contribution is -2.49. The number of hydrogen-bond acceptors (Lipinski definition) is 5. The van der Waals surface area contributed by atoms with E-state index in [2.05, 4.69) is 9.97 Å². The van der Waals surface area contributed by atoms with E-state index in [0.29, 0.717) is 18.2 Å². The van der Waals surface area contributed by atoms with Gasteiger partial charge < -0.3 is 4.90 Å². The lowest BCUT2D eigenvalue weighted by molar-refractivity contribution is 0.378. The molecule has 6 nitrogen and oxygen atoms in total. The Morgan fingerprint density at radius 3 is 2.38 bits per heavy atom. The fourth-order valence-electron chi connectivity index (χ4n) is 2.83. The fourth-order valence-corrected chi connectivity index (χ4v) is 4.29. The summed E-state index contributed by atoms with van der Waals surface area (Å²) < 4.78 is 67.5. The average molecular weight is 386 g/mol. The minimum Gasteiger partial charge on any atom is -0.351 e. The molecular formula is C16H17F3N4O2S. The molecule has 0 N–H and O–H groups in total. The van der Waals surface area contributed by atoms with Crippen molar-refractivity contribution in [3.63, 3.8) is 0 Å². The van der Waals surface area contributed by atoms with Crippen LogP contribution in [0.3, 0.4) is 0 Å². The highest BCUT2D eigenvalue weighted by atomic mass is 32.2. The minimum absolute atomic E-state index is 0.0318. The average Bonchev–Trinajstić information content (AvgIpc) is 2.62. The van der Waals surface area contributed by atoms with Crippen molar-refractivity contribution < 1.29 is 21.6 Å². The Hall–Kier alpha value is -2.20.